The molecule has 4 heteroatoms. The average Bonchev–Trinajstić information content (AvgIpc) is 2.46. The van der Waals surface area contributed by atoms with Crippen molar-refractivity contribution in [1.82, 2.24) is 0 Å². The number of alkyl halides is 3. The van der Waals surface area contributed by atoms with E-state index in [1.807, 2.05) is 30.3 Å². The number of rotatable bonds is 3. The normalized spacial score (nSPS) is 13.0. The summed E-state index contributed by atoms with van der Waals surface area (Å²) in [6.45, 7) is 1.75. The summed E-state index contributed by atoms with van der Waals surface area (Å²) in [6, 6.07) is 13.5. The first-order valence-electron chi connectivity index (χ1n) is 6.16. The van der Waals surface area contributed by atoms with Crippen LogP contribution in [0.25, 0.3) is 0 Å². The van der Waals surface area contributed by atoms with Crippen molar-refractivity contribution in [2.24, 2.45) is 0 Å². The first kappa shape index (κ1) is 14.3. The molecule has 0 aliphatic heterocycles. The second-order valence-corrected chi connectivity index (χ2v) is 4.57. The van der Waals surface area contributed by atoms with Crippen molar-refractivity contribution in [2.75, 3.05) is 0 Å². The molecule has 0 aromatic heterocycles. The molecule has 0 aliphatic carbocycles. The van der Waals surface area contributed by atoms with E-state index in [4.69, 9.17) is 0 Å². The molecule has 104 valence electrons. The van der Waals surface area contributed by atoms with Crippen molar-refractivity contribution in [3.8, 4) is 0 Å². The van der Waals surface area contributed by atoms with E-state index in [1.54, 1.807) is 6.92 Å². The molecule has 0 spiro atoms. The maximum Gasteiger partial charge on any atom is 0.416 e. The SMILES string of the molecule is C[C@H](C(=O)c1ccc(C(F)(F)F)cc1)c1ccccc1. The van der Waals surface area contributed by atoms with Gasteiger partial charge in [0.1, 0.15) is 0 Å². The fourth-order valence-corrected chi connectivity index (χ4v) is 1.97. The Morgan fingerprint density at radius 2 is 1.50 bits per heavy atom. The Hall–Kier alpha value is -2.10. The summed E-state index contributed by atoms with van der Waals surface area (Å²) in [5.41, 5.74) is 0.383. The van der Waals surface area contributed by atoms with E-state index >= 15 is 0 Å². The molecule has 20 heavy (non-hydrogen) atoms. The molecule has 0 saturated carbocycles. The van der Waals surface area contributed by atoms with Crippen LogP contribution in [0.15, 0.2) is 54.6 Å². The number of hydrogen-bond donors (Lipinski definition) is 0. The lowest BCUT2D eigenvalue weighted by Gasteiger charge is -2.12. The van der Waals surface area contributed by atoms with E-state index in [9.17, 15) is 18.0 Å². The van der Waals surface area contributed by atoms with Crippen LogP contribution < -0.4 is 0 Å². The number of benzene rings is 2. The minimum Gasteiger partial charge on any atom is -0.294 e. The quantitative estimate of drug-likeness (QED) is 0.744. The van der Waals surface area contributed by atoms with Crippen LogP contribution >= 0.6 is 0 Å². The predicted octanol–water partition coefficient (Wildman–Crippen LogP) is 4.69. The van der Waals surface area contributed by atoms with Crippen molar-refractivity contribution in [3.63, 3.8) is 0 Å². The van der Waals surface area contributed by atoms with Crippen molar-refractivity contribution < 1.29 is 18.0 Å². The summed E-state index contributed by atoms with van der Waals surface area (Å²) >= 11 is 0. The Bertz CT molecular complexity index is 585. The summed E-state index contributed by atoms with van der Waals surface area (Å²) < 4.78 is 37.4. The molecule has 2 aromatic rings. The molecule has 0 aliphatic rings. The van der Waals surface area contributed by atoms with E-state index in [2.05, 4.69) is 0 Å². The standard InChI is InChI=1S/C16H13F3O/c1-11(12-5-3-2-4-6-12)15(20)13-7-9-14(10-8-13)16(17,18)19/h2-11H,1H3/t11-/m0/s1. The second kappa shape index (κ2) is 5.49. The minimum absolute atomic E-state index is 0.190. The van der Waals surface area contributed by atoms with E-state index in [-0.39, 0.29) is 17.3 Å². The van der Waals surface area contributed by atoms with Gasteiger partial charge in [-0.3, -0.25) is 4.79 Å². The molecule has 0 heterocycles. The van der Waals surface area contributed by atoms with Gasteiger partial charge < -0.3 is 0 Å². The van der Waals surface area contributed by atoms with Gasteiger partial charge >= 0.3 is 6.18 Å². The molecule has 0 bridgehead atoms. The number of ketones is 1. The highest BCUT2D eigenvalue weighted by molar-refractivity contribution is 6.00. The maximum atomic E-state index is 12.5. The van der Waals surface area contributed by atoms with Crippen LogP contribution in [-0.2, 0) is 6.18 Å². The molecule has 0 N–H and O–H groups in total. The number of Topliss-reactive ketones (excluding diaryl/α,β-unsaturated/α-hetero) is 1. The third-order valence-corrected chi connectivity index (χ3v) is 3.19. The lowest BCUT2D eigenvalue weighted by atomic mass is 9.92. The molecule has 0 radical (unpaired) electrons. The van der Waals surface area contributed by atoms with Gasteiger partial charge in [0, 0.05) is 11.5 Å². The molecule has 1 nitrogen and oxygen atoms in total. The summed E-state index contributed by atoms with van der Waals surface area (Å²) in [5.74, 6) is -0.571. The van der Waals surface area contributed by atoms with Crippen LogP contribution in [0.5, 0.6) is 0 Å². The first-order chi connectivity index (χ1) is 9.39. The van der Waals surface area contributed by atoms with Gasteiger partial charge in [-0.15, -0.1) is 0 Å². The van der Waals surface area contributed by atoms with Crippen LogP contribution in [0, 0.1) is 0 Å². The van der Waals surface area contributed by atoms with Crippen LogP contribution in [0.4, 0.5) is 13.2 Å². The van der Waals surface area contributed by atoms with Gasteiger partial charge in [-0.2, -0.15) is 13.2 Å². The predicted molar refractivity (Wildman–Crippen MR) is 70.6 cm³/mol. The Morgan fingerprint density at radius 3 is 2.00 bits per heavy atom. The van der Waals surface area contributed by atoms with Crippen LogP contribution in [0.1, 0.15) is 34.3 Å². The smallest absolute Gasteiger partial charge is 0.294 e. The number of halogens is 3. The van der Waals surface area contributed by atoms with Gasteiger partial charge in [-0.1, -0.05) is 49.4 Å². The molecular weight excluding hydrogens is 265 g/mol. The second-order valence-electron chi connectivity index (χ2n) is 4.57. The van der Waals surface area contributed by atoms with Crippen LogP contribution in [-0.4, -0.2) is 5.78 Å². The zero-order chi connectivity index (χ0) is 14.8. The zero-order valence-corrected chi connectivity index (χ0v) is 10.8. The lowest BCUT2D eigenvalue weighted by Crippen LogP contribution is -2.11. The molecule has 2 rings (SSSR count). The number of carbonyl (C=O) groups is 1. The Labute approximate surface area is 115 Å². The van der Waals surface area contributed by atoms with E-state index in [0.29, 0.717) is 0 Å². The molecule has 0 saturated heterocycles. The van der Waals surface area contributed by atoms with Gasteiger partial charge in [0.15, 0.2) is 5.78 Å². The van der Waals surface area contributed by atoms with Gasteiger partial charge in [-0.25, -0.2) is 0 Å². The van der Waals surface area contributed by atoms with Crippen LogP contribution in [0.3, 0.4) is 0 Å². The highest BCUT2D eigenvalue weighted by Crippen LogP contribution is 2.30. The van der Waals surface area contributed by atoms with Crippen molar-refractivity contribution in [2.45, 2.75) is 19.0 Å². The van der Waals surface area contributed by atoms with Crippen LogP contribution in [0.2, 0.25) is 0 Å². The third-order valence-electron chi connectivity index (χ3n) is 3.19. The molecular formula is C16H13F3O. The van der Waals surface area contributed by atoms with Gasteiger partial charge in [0.2, 0.25) is 0 Å². The average molecular weight is 278 g/mol. The Morgan fingerprint density at radius 1 is 0.950 bits per heavy atom. The monoisotopic (exact) mass is 278 g/mol. The largest absolute Gasteiger partial charge is 0.416 e. The summed E-state index contributed by atoms with van der Waals surface area (Å²) in [5, 5.41) is 0. The highest BCUT2D eigenvalue weighted by Gasteiger charge is 2.30. The number of hydrogen-bond acceptors (Lipinski definition) is 1. The summed E-state index contributed by atoms with van der Waals surface area (Å²) in [6.07, 6.45) is -4.38. The van der Waals surface area contributed by atoms with Gasteiger partial charge in [-0.05, 0) is 17.7 Å². The minimum atomic E-state index is -4.38. The van der Waals surface area contributed by atoms with E-state index in [1.165, 1.54) is 12.1 Å². The zero-order valence-electron chi connectivity index (χ0n) is 10.8. The third kappa shape index (κ3) is 3.07. The first-order valence-corrected chi connectivity index (χ1v) is 6.16. The van der Waals surface area contributed by atoms with Gasteiger partial charge in [0.05, 0.1) is 5.56 Å². The number of carbonyl (C=O) groups excluding carboxylic acids is 1. The van der Waals surface area contributed by atoms with Crippen molar-refractivity contribution >= 4 is 5.78 Å². The molecule has 0 unspecified atom stereocenters. The topological polar surface area (TPSA) is 17.1 Å². The summed E-state index contributed by atoms with van der Waals surface area (Å²) in [4.78, 5) is 12.2. The van der Waals surface area contributed by atoms with E-state index < -0.39 is 11.7 Å². The van der Waals surface area contributed by atoms with E-state index in [0.717, 1.165) is 17.7 Å². The lowest BCUT2D eigenvalue weighted by molar-refractivity contribution is -0.137. The molecule has 0 amide bonds. The Balaban J connectivity index is 2.22. The van der Waals surface area contributed by atoms with Crippen molar-refractivity contribution in [1.29, 1.82) is 0 Å². The fraction of sp³-hybridized carbons (Fsp3) is 0.188. The molecule has 2 aromatic carbocycles. The molecule has 0 fully saturated rings. The summed E-state index contributed by atoms with van der Waals surface area (Å²) in [7, 11) is 0. The molecule has 1 atom stereocenters. The van der Waals surface area contributed by atoms with Crippen molar-refractivity contribution in [3.05, 3.63) is 71.3 Å². The van der Waals surface area contributed by atoms with Gasteiger partial charge in [0.25, 0.3) is 0 Å². The fourth-order valence-electron chi connectivity index (χ4n) is 1.97. The Kier molecular flexibility index (Phi) is 3.93. The highest BCUT2D eigenvalue weighted by atomic mass is 19.4. The maximum absolute atomic E-state index is 12.5.